The van der Waals surface area contributed by atoms with Crippen molar-refractivity contribution in [2.45, 2.75) is 18.9 Å². The van der Waals surface area contributed by atoms with Crippen molar-refractivity contribution >= 4 is 21.7 Å². The summed E-state index contributed by atoms with van der Waals surface area (Å²) < 4.78 is 27.4. The Morgan fingerprint density at radius 3 is 2.55 bits per heavy atom. The van der Waals surface area contributed by atoms with E-state index in [4.69, 9.17) is 4.74 Å². The molecule has 7 nitrogen and oxygen atoms in total. The third-order valence-corrected chi connectivity index (χ3v) is 5.42. The predicted molar refractivity (Wildman–Crippen MR) is 71.7 cm³/mol. The van der Waals surface area contributed by atoms with Gasteiger partial charge in [0, 0.05) is 19.7 Å². The second-order valence-corrected chi connectivity index (χ2v) is 7.57. The Morgan fingerprint density at radius 1 is 1.25 bits per heavy atom. The highest BCUT2D eigenvalue weighted by Gasteiger charge is 2.48. The lowest BCUT2D eigenvalue weighted by molar-refractivity contribution is -0.127. The van der Waals surface area contributed by atoms with Crippen LogP contribution in [0.25, 0.3) is 0 Å². The Kier molecular flexibility index (Phi) is 4.64. The van der Waals surface area contributed by atoms with Crippen LogP contribution in [0.15, 0.2) is 0 Å². The van der Waals surface area contributed by atoms with Gasteiger partial charge in [-0.1, -0.05) is 0 Å². The molecule has 1 saturated heterocycles. The molecule has 20 heavy (non-hydrogen) atoms. The lowest BCUT2D eigenvalue weighted by atomic mass is 10.2. The molecule has 1 aliphatic heterocycles. The molecular formula is C12H20N2O5S. The Labute approximate surface area is 118 Å². The number of methoxy groups -OCH3 is 1. The molecular weight excluding hydrogens is 284 g/mol. The van der Waals surface area contributed by atoms with E-state index in [0.717, 1.165) is 0 Å². The monoisotopic (exact) mass is 304 g/mol. The summed E-state index contributed by atoms with van der Waals surface area (Å²) in [4.78, 5) is 23.6. The molecule has 2 amide bonds. The fraction of sp³-hybridized carbons (Fsp3) is 0.833. The molecule has 0 spiro atoms. The zero-order valence-corrected chi connectivity index (χ0v) is 12.2. The van der Waals surface area contributed by atoms with Crippen LogP contribution in [0.2, 0.25) is 0 Å². The van der Waals surface area contributed by atoms with Crippen LogP contribution in [0.3, 0.4) is 0 Å². The van der Waals surface area contributed by atoms with Crippen molar-refractivity contribution in [2.75, 3.05) is 31.8 Å². The van der Waals surface area contributed by atoms with Gasteiger partial charge < -0.3 is 15.4 Å². The van der Waals surface area contributed by atoms with E-state index in [0.29, 0.717) is 26.0 Å². The minimum Gasteiger partial charge on any atom is -0.383 e. The minimum atomic E-state index is -3.00. The number of nitrogens with one attached hydrogen (secondary N) is 2. The molecule has 2 rings (SSSR count). The molecule has 0 aromatic heterocycles. The molecule has 0 aromatic carbocycles. The summed E-state index contributed by atoms with van der Waals surface area (Å²) in [6, 6.07) is -0.301. The van der Waals surface area contributed by atoms with Crippen LogP contribution >= 0.6 is 0 Å². The maximum Gasteiger partial charge on any atom is 0.224 e. The number of hydrogen-bond acceptors (Lipinski definition) is 5. The minimum absolute atomic E-state index is 0.0101. The molecule has 1 heterocycles. The molecule has 2 N–H and O–H groups in total. The van der Waals surface area contributed by atoms with Gasteiger partial charge in [-0.15, -0.1) is 0 Å². The van der Waals surface area contributed by atoms with Crippen LogP contribution in [0.5, 0.6) is 0 Å². The molecule has 8 heteroatoms. The van der Waals surface area contributed by atoms with Gasteiger partial charge in [-0.25, -0.2) is 8.42 Å². The number of ether oxygens (including phenoxy) is 1. The fourth-order valence-corrected chi connectivity index (χ4v) is 4.07. The van der Waals surface area contributed by atoms with Gasteiger partial charge in [-0.05, 0) is 12.8 Å². The third-order valence-electron chi connectivity index (χ3n) is 3.65. The van der Waals surface area contributed by atoms with Gasteiger partial charge in [0.05, 0.1) is 29.9 Å². The Bertz CT molecular complexity index is 490. The summed E-state index contributed by atoms with van der Waals surface area (Å²) >= 11 is 0. The fourth-order valence-electron chi connectivity index (χ4n) is 2.40. The first kappa shape index (κ1) is 15.2. The van der Waals surface area contributed by atoms with Crippen LogP contribution in [0.4, 0.5) is 0 Å². The van der Waals surface area contributed by atoms with Crippen molar-refractivity contribution in [1.82, 2.24) is 10.6 Å². The van der Waals surface area contributed by atoms with Crippen molar-refractivity contribution in [2.24, 2.45) is 11.8 Å². The van der Waals surface area contributed by atoms with Gasteiger partial charge in [-0.3, -0.25) is 9.59 Å². The highest BCUT2D eigenvalue weighted by Crippen LogP contribution is 2.39. The number of carbonyl (C=O) groups excluding carboxylic acids is 2. The van der Waals surface area contributed by atoms with Crippen molar-refractivity contribution in [1.29, 1.82) is 0 Å². The summed E-state index contributed by atoms with van der Waals surface area (Å²) in [6.45, 7) is 0.871. The summed E-state index contributed by atoms with van der Waals surface area (Å²) in [5.74, 6) is -0.814. The SMILES string of the molecule is COCCNC(=O)C1CC1C(=O)NC1CCS(=O)(=O)C1. The van der Waals surface area contributed by atoms with Crippen molar-refractivity contribution < 1.29 is 22.7 Å². The number of rotatable bonds is 6. The Morgan fingerprint density at radius 2 is 1.95 bits per heavy atom. The number of amides is 2. The van der Waals surface area contributed by atoms with Crippen LogP contribution in [0.1, 0.15) is 12.8 Å². The standard InChI is InChI=1S/C12H20N2O5S/c1-19-4-3-13-11(15)9-6-10(9)12(16)14-8-2-5-20(17,18)7-8/h8-10H,2-7H2,1H3,(H,13,15)(H,14,16). The van der Waals surface area contributed by atoms with E-state index in [2.05, 4.69) is 10.6 Å². The van der Waals surface area contributed by atoms with Crippen LogP contribution in [0, 0.1) is 11.8 Å². The van der Waals surface area contributed by atoms with Gasteiger partial charge in [0.2, 0.25) is 11.8 Å². The summed E-state index contributed by atoms with van der Waals surface area (Å²) in [7, 11) is -1.45. The molecule has 1 aliphatic carbocycles. The van der Waals surface area contributed by atoms with E-state index >= 15 is 0 Å². The first-order chi connectivity index (χ1) is 9.43. The molecule has 3 unspecified atom stereocenters. The van der Waals surface area contributed by atoms with E-state index in [1.165, 1.54) is 0 Å². The summed E-state index contributed by atoms with van der Waals surface area (Å²) in [6.07, 6.45) is 0.996. The lowest BCUT2D eigenvalue weighted by Gasteiger charge is -2.10. The maximum absolute atomic E-state index is 11.9. The number of hydrogen-bond donors (Lipinski definition) is 2. The van der Waals surface area contributed by atoms with E-state index in [9.17, 15) is 18.0 Å². The van der Waals surface area contributed by atoms with Crippen LogP contribution < -0.4 is 10.6 Å². The average Bonchev–Trinajstić information content (AvgIpc) is 3.10. The highest BCUT2D eigenvalue weighted by atomic mass is 32.2. The van der Waals surface area contributed by atoms with Crippen molar-refractivity contribution in [3.8, 4) is 0 Å². The molecule has 2 aliphatic rings. The van der Waals surface area contributed by atoms with Gasteiger partial charge >= 0.3 is 0 Å². The quantitative estimate of drug-likeness (QED) is 0.593. The molecule has 0 bridgehead atoms. The second kappa shape index (κ2) is 6.09. The predicted octanol–water partition coefficient (Wildman–Crippen LogP) is -1.31. The van der Waals surface area contributed by atoms with Crippen LogP contribution in [-0.2, 0) is 24.2 Å². The number of sulfone groups is 1. The smallest absolute Gasteiger partial charge is 0.224 e. The Hall–Kier alpha value is -1.15. The first-order valence-corrected chi connectivity index (χ1v) is 8.52. The number of carbonyl (C=O) groups is 2. The topological polar surface area (TPSA) is 102 Å². The lowest BCUT2D eigenvalue weighted by Crippen LogP contribution is -2.38. The van der Waals surface area contributed by atoms with Crippen molar-refractivity contribution in [3.63, 3.8) is 0 Å². The Balaban J connectivity index is 1.72. The zero-order chi connectivity index (χ0) is 14.8. The highest BCUT2D eigenvalue weighted by molar-refractivity contribution is 7.91. The van der Waals surface area contributed by atoms with E-state index < -0.39 is 9.84 Å². The largest absolute Gasteiger partial charge is 0.383 e. The van der Waals surface area contributed by atoms with E-state index in [-0.39, 0.29) is 41.2 Å². The van der Waals surface area contributed by atoms with Gasteiger partial charge in [0.15, 0.2) is 9.84 Å². The molecule has 0 aromatic rings. The van der Waals surface area contributed by atoms with Gasteiger partial charge in [-0.2, -0.15) is 0 Å². The molecule has 2 fully saturated rings. The normalized spacial score (nSPS) is 30.8. The molecule has 114 valence electrons. The van der Waals surface area contributed by atoms with Gasteiger partial charge in [0.1, 0.15) is 0 Å². The molecule has 1 saturated carbocycles. The second-order valence-electron chi connectivity index (χ2n) is 5.34. The maximum atomic E-state index is 11.9. The van der Waals surface area contributed by atoms with Gasteiger partial charge in [0.25, 0.3) is 0 Å². The molecule has 3 atom stereocenters. The zero-order valence-electron chi connectivity index (χ0n) is 11.4. The average molecular weight is 304 g/mol. The molecule has 0 radical (unpaired) electrons. The first-order valence-electron chi connectivity index (χ1n) is 6.70. The van der Waals surface area contributed by atoms with E-state index in [1.54, 1.807) is 7.11 Å². The van der Waals surface area contributed by atoms with Crippen LogP contribution in [-0.4, -0.2) is 58.0 Å². The third kappa shape index (κ3) is 3.92. The summed E-state index contributed by atoms with van der Waals surface area (Å²) in [5.41, 5.74) is 0. The van der Waals surface area contributed by atoms with E-state index in [1.807, 2.05) is 0 Å². The summed E-state index contributed by atoms with van der Waals surface area (Å²) in [5, 5.41) is 5.42. The van der Waals surface area contributed by atoms with Crippen molar-refractivity contribution in [3.05, 3.63) is 0 Å².